The van der Waals surface area contributed by atoms with Gasteiger partial charge >= 0.3 is 12.6 Å². The molecule has 1 aromatic carbocycles. The number of aryl methyl sites for hydroxylation is 2. The van der Waals surface area contributed by atoms with Crippen molar-refractivity contribution in [3.05, 3.63) is 28.8 Å². The third-order valence-corrected chi connectivity index (χ3v) is 4.15. The third kappa shape index (κ3) is 3.60. The first kappa shape index (κ1) is 17.2. The van der Waals surface area contributed by atoms with Gasteiger partial charge in [0.15, 0.2) is 0 Å². The van der Waals surface area contributed by atoms with E-state index in [0.29, 0.717) is 24.0 Å². The van der Waals surface area contributed by atoms with E-state index < -0.39 is 24.0 Å². The van der Waals surface area contributed by atoms with Crippen LogP contribution in [-0.2, 0) is 4.79 Å². The van der Waals surface area contributed by atoms with Gasteiger partial charge in [-0.2, -0.15) is 8.78 Å². The lowest BCUT2D eigenvalue weighted by Gasteiger charge is -2.25. The highest BCUT2D eigenvalue weighted by Crippen LogP contribution is 2.31. The average Bonchev–Trinajstić information content (AvgIpc) is 2.92. The van der Waals surface area contributed by atoms with Crippen molar-refractivity contribution in [1.29, 1.82) is 0 Å². The number of carbonyl (C=O) groups excluding carboxylic acids is 1. The van der Waals surface area contributed by atoms with Gasteiger partial charge in [0.25, 0.3) is 5.91 Å². The number of benzene rings is 1. The van der Waals surface area contributed by atoms with Gasteiger partial charge in [-0.15, -0.1) is 0 Å². The van der Waals surface area contributed by atoms with Gasteiger partial charge in [-0.1, -0.05) is 12.8 Å². The molecular weight excluding hydrogens is 308 g/mol. The number of hydrogen-bond donors (Lipinski definition) is 2. The summed E-state index contributed by atoms with van der Waals surface area (Å²) < 4.78 is 29.2. The molecule has 0 heterocycles. The number of aliphatic carboxylic acids is 1. The highest BCUT2D eigenvalue weighted by atomic mass is 19.3. The molecule has 1 fully saturated rings. The molecule has 0 unspecified atom stereocenters. The summed E-state index contributed by atoms with van der Waals surface area (Å²) >= 11 is 0. The normalized spacial score (nSPS) is 16.4. The minimum absolute atomic E-state index is 0.0327. The number of hydrogen-bond acceptors (Lipinski definition) is 3. The number of carbonyl (C=O) groups is 2. The number of halogens is 2. The van der Waals surface area contributed by atoms with E-state index >= 15 is 0 Å². The SMILES string of the molecule is Cc1cc(C(=O)NC2(C(=O)O)CCCC2)cc(C)c1OC(F)F. The summed E-state index contributed by atoms with van der Waals surface area (Å²) in [5, 5.41) is 12.0. The van der Waals surface area contributed by atoms with Gasteiger partial charge in [0, 0.05) is 5.56 Å². The molecular formula is C16H19F2NO4. The fourth-order valence-electron chi connectivity index (χ4n) is 3.02. The van der Waals surface area contributed by atoms with Crippen LogP contribution in [0.2, 0.25) is 0 Å². The largest absolute Gasteiger partial charge is 0.480 e. The first-order valence-electron chi connectivity index (χ1n) is 7.37. The van der Waals surface area contributed by atoms with Gasteiger partial charge in [0.05, 0.1) is 0 Å². The van der Waals surface area contributed by atoms with Crippen molar-refractivity contribution in [2.75, 3.05) is 0 Å². The Labute approximate surface area is 132 Å². The van der Waals surface area contributed by atoms with Crippen molar-refractivity contribution in [1.82, 2.24) is 5.32 Å². The summed E-state index contributed by atoms with van der Waals surface area (Å²) in [6, 6.07) is 2.84. The number of carboxylic acids is 1. The van der Waals surface area contributed by atoms with Crippen molar-refractivity contribution < 1.29 is 28.2 Å². The third-order valence-electron chi connectivity index (χ3n) is 4.15. The predicted molar refractivity (Wildman–Crippen MR) is 78.8 cm³/mol. The van der Waals surface area contributed by atoms with Crippen molar-refractivity contribution in [2.24, 2.45) is 0 Å². The molecule has 0 bridgehead atoms. The van der Waals surface area contributed by atoms with Crippen LogP contribution < -0.4 is 10.1 Å². The van der Waals surface area contributed by atoms with Crippen LogP contribution in [0.3, 0.4) is 0 Å². The van der Waals surface area contributed by atoms with E-state index in [1.807, 2.05) is 0 Å². The summed E-state index contributed by atoms with van der Waals surface area (Å²) in [6.07, 6.45) is 2.26. The smallest absolute Gasteiger partial charge is 0.387 e. The minimum atomic E-state index is -2.94. The Morgan fingerprint density at radius 3 is 2.17 bits per heavy atom. The molecule has 0 saturated heterocycles. The number of ether oxygens (including phenoxy) is 1. The maximum absolute atomic E-state index is 12.4. The maximum Gasteiger partial charge on any atom is 0.387 e. The number of amides is 1. The number of carboxylic acid groups (broad SMARTS) is 1. The van der Waals surface area contributed by atoms with Gasteiger partial charge in [0.2, 0.25) is 0 Å². The second-order valence-electron chi connectivity index (χ2n) is 5.87. The van der Waals surface area contributed by atoms with E-state index in [0.717, 1.165) is 12.8 Å². The molecule has 0 atom stereocenters. The average molecular weight is 327 g/mol. The summed E-state index contributed by atoms with van der Waals surface area (Å²) in [5.74, 6) is -1.54. The fraction of sp³-hybridized carbons (Fsp3) is 0.500. The molecule has 126 valence electrons. The first-order valence-corrected chi connectivity index (χ1v) is 7.37. The quantitative estimate of drug-likeness (QED) is 0.871. The Bertz CT molecular complexity index is 602. The topological polar surface area (TPSA) is 75.6 Å². The molecule has 0 aliphatic heterocycles. The monoisotopic (exact) mass is 327 g/mol. The van der Waals surface area contributed by atoms with Crippen LogP contribution >= 0.6 is 0 Å². The number of alkyl halides is 2. The predicted octanol–water partition coefficient (Wildman–Crippen LogP) is 3.03. The van der Waals surface area contributed by atoms with E-state index in [1.165, 1.54) is 12.1 Å². The molecule has 1 aliphatic carbocycles. The highest BCUT2D eigenvalue weighted by molar-refractivity contribution is 5.98. The Kier molecular flexibility index (Phi) is 4.87. The molecule has 0 radical (unpaired) electrons. The Morgan fingerprint density at radius 1 is 1.22 bits per heavy atom. The zero-order chi connectivity index (χ0) is 17.2. The lowest BCUT2D eigenvalue weighted by Crippen LogP contribution is -2.52. The zero-order valence-corrected chi connectivity index (χ0v) is 13.0. The number of nitrogens with one attached hydrogen (secondary N) is 1. The van der Waals surface area contributed by atoms with Crippen molar-refractivity contribution in [3.8, 4) is 5.75 Å². The van der Waals surface area contributed by atoms with Crippen molar-refractivity contribution in [3.63, 3.8) is 0 Å². The van der Waals surface area contributed by atoms with Gasteiger partial charge < -0.3 is 15.2 Å². The van der Waals surface area contributed by atoms with Gasteiger partial charge in [-0.05, 0) is 49.9 Å². The second kappa shape index (κ2) is 6.52. The van der Waals surface area contributed by atoms with Crippen LogP contribution in [0.15, 0.2) is 12.1 Å². The van der Waals surface area contributed by atoms with E-state index in [1.54, 1.807) is 13.8 Å². The molecule has 0 aromatic heterocycles. The second-order valence-corrected chi connectivity index (χ2v) is 5.87. The molecule has 2 rings (SSSR count). The van der Waals surface area contributed by atoms with E-state index in [-0.39, 0.29) is 11.3 Å². The van der Waals surface area contributed by atoms with Gasteiger partial charge in [-0.25, -0.2) is 4.79 Å². The Hall–Kier alpha value is -2.18. The van der Waals surface area contributed by atoms with Gasteiger partial charge in [0.1, 0.15) is 11.3 Å². The molecule has 1 aromatic rings. The molecule has 1 saturated carbocycles. The molecule has 23 heavy (non-hydrogen) atoms. The molecule has 5 nitrogen and oxygen atoms in total. The zero-order valence-electron chi connectivity index (χ0n) is 13.0. The molecule has 0 spiro atoms. The standard InChI is InChI=1S/C16H19F2NO4/c1-9-7-11(8-10(2)12(9)23-15(17)18)13(20)19-16(14(21)22)5-3-4-6-16/h7-8,15H,3-6H2,1-2H3,(H,19,20)(H,21,22). The van der Waals surface area contributed by atoms with E-state index in [9.17, 15) is 23.5 Å². The summed E-state index contributed by atoms with van der Waals surface area (Å²) in [6.45, 7) is 0.175. The van der Waals surface area contributed by atoms with Crippen LogP contribution in [0.5, 0.6) is 5.75 Å². The van der Waals surface area contributed by atoms with Gasteiger partial charge in [-0.3, -0.25) is 4.79 Å². The lowest BCUT2D eigenvalue weighted by atomic mass is 9.96. The number of rotatable bonds is 5. The fourth-order valence-corrected chi connectivity index (χ4v) is 3.02. The summed E-state index contributed by atoms with van der Waals surface area (Å²) in [5.41, 5.74) is -0.219. The van der Waals surface area contributed by atoms with Crippen LogP contribution in [0.25, 0.3) is 0 Å². The highest BCUT2D eigenvalue weighted by Gasteiger charge is 2.42. The van der Waals surface area contributed by atoms with Crippen LogP contribution in [0.4, 0.5) is 8.78 Å². The molecule has 7 heteroatoms. The van der Waals surface area contributed by atoms with Crippen LogP contribution in [-0.4, -0.2) is 29.1 Å². The molecule has 1 aliphatic rings. The summed E-state index contributed by atoms with van der Waals surface area (Å²) in [4.78, 5) is 23.9. The lowest BCUT2D eigenvalue weighted by molar-refractivity contribution is -0.144. The Balaban J connectivity index is 2.25. The Morgan fingerprint density at radius 2 is 1.74 bits per heavy atom. The van der Waals surface area contributed by atoms with Crippen LogP contribution in [0, 0.1) is 13.8 Å². The molecule has 2 N–H and O–H groups in total. The van der Waals surface area contributed by atoms with Crippen molar-refractivity contribution in [2.45, 2.75) is 51.7 Å². The van der Waals surface area contributed by atoms with E-state index in [4.69, 9.17) is 0 Å². The van der Waals surface area contributed by atoms with Crippen LogP contribution in [0.1, 0.15) is 47.2 Å². The summed E-state index contributed by atoms with van der Waals surface area (Å²) in [7, 11) is 0. The van der Waals surface area contributed by atoms with E-state index in [2.05, 4.69) is 10.1 Å². The van der Waals surface area contributed by atoms with Crippen molar-refractivity contribution >= 4 is 11.9 Å². The first-order chi connectivity index (χ1) is 10.7. The maximum atomic E-state index is 12.4. The minimum Gasteiger partial charge on any atom is -0.480 e. The molecule has 1 amide bonds.